The van der Waals surface area contributed by atoms with Crippen LogP contribution in [0.4, 0.5) is 0 Å². The molecule has 0 heterocycles. The molecule has 0 saturated heterocycles. The summed E-state index contributed by atoms with van der Waals surface area (Å²) in [5, 5.41) is 0. The lowest BCUT2D eigenvalue weighted by molar-refractivity contribution is -0.142. The molecule has 0 N–H and O–H groups in total. The van der Waals surface area contributed by atoms with Crippen molar-refractivity contribution in [1.29, 1.82) is 0 Å². The lowest BCUT2D eigenvalue weighted by Crippen LogP contribution is -2.05. The molecule has 0 amide bonds. The molecule has 4 aliphatic carbocycles. The molecule has 0 aliphatic heterocycles. The summed E-state index contributed by atoms with van der Waals surface area (Å²) in [6, 6.07) is 0. The third kappa shape index (κ3) is 52.4. The van der Waals surface area contributed by atoms with Gasteiger partial charge in [-0.05, 0) is 103 Å². The fourth-order valence-electron chi connectivity index (χ4n) is 7.55. The number of esters is 1. The van der Waals surface area contributed by atoms with Crippen molar-refractivity contribution in [2.24, 2.45) is 0 Å². The van der Waals surface area contributed by atoms with Gasteiger partial charge >= 0.3 is 5.97 Å². The van der Waals surface area contributed by atoms with Gasteiger partial charge in [-0.25, -0.2) is 0 Å². The molecule has 0 bridgehead atoms. The van der Waals surface area contributed by atoms with Gasteiger partial charge in [0.05, 0.1) is 6.61 Å². The quantitative estimate of drug-likeness (QED) is 0.162. The Morgan fingerprint density at radius 1 is 0.304 bits per heavy atom. The van der Waals surface area contributed by atoms with E-state index in [1.54, 1.807) is 7.11 Å². The predicted octanol–water partition coefficient (Wildman–Crippen LogP) is 18.0. The van der Waals surface area contributed by atoms with Gasteiger partial charge in [-0.15, -0.1) is 0 Å². The topological polar surface area (TPSA) is 35.5 Å². The standard InChI is InChI=1S/4C12H22.C5H10O3/c4*1-2-4-6-8-10-12-11-9-7-5-3-1;1-5(6)8-4-3-7-2/h4*1-2H,3-12H2;3-4H2,1-2H3. The van der Waals surface area contributed by atoms with E-state index in [0.29, 0.717) is 13.2 Å². The van der Waals surface area contributed by atoms with E-state index < -0.39 is 0 Å². The largest absolute Gasteiger partial charge is 0.463 e. The second-order valence-electron chi connectivity index (χ2n) is 16.8. The number of rotatable bonds is 3. The fraction of sp³-hybridized carbons (Fsp3) is 0.830. The van der Waals surface area contributed by atoms with Gasteiger partial charge in [0.1, 0.15) is 6.61 Å². The predicted molar refractivity (Wildman–Crippen MR) is 250 cm³/mol. The van der Waals surface area contributed by atoms with E-state index in [-0.39, 0.29) is 5.97 Å². The van der Waals surface area contributed by atoms with E-state index in [2.05, 4.69) is 58.1 Å². The first-order valence-electron chi connectivity index (χ1n) is 25.0. The van der Waals surface area contributed by atoms with Gasteiger partial charge in [-0.1, -0.05) is 203 Å². The Labute approximate surface area is 351 Å². The third-order valence-corrected chi connectivity index (χ3v) is 11.2. The Hall–Kier alpha value is -1.61. The van der Waals surface area contributed by atoms with Crippen molar-refractivity contribution < 1.29 is 14.3 Å². The van der Waals surface area contributed by atoms with Crippen LogP contribution in [0.15, 0.2) is 48.6 Å². The van der Waals surface area contributed by atoms with Crippen LogP contribution in [-0.4, -0.2) is 26.3 Å². The Kier molecular flexibility index (Phi) is 49.9. The molecule has 0 spiro atoms. The number of carbonyl (C=O) groups is 1. The van der Waals surface area contributed by atoms with Crippen molar-refractivity contribution in [3.63, 3.8) is 0 Å². The van der Waals surface area contributed by atoms with Crippen LogP contribution < -0.4 is 0 Å². The van der Waals surface area contributed by atoms with Gasteiger partial charge in [0.25, 0.3) is 0 Å². The highest BCUT2D eigenvalue weighted by Gasteiger charge is 1.96. The van der Waals surface area contributed by atoms with Crippen molar-refractivity contribution in [1.82, 2.24) is 0 Å². The van der Waals surface area contributed by atoms with Crippen molar-refractivity contribution in [2.45, 2.75) is 264 Å². The van der Waals surface area contributed by atoms with Gasteiger partial charge in [0.15, 0.2) is 0 Å². The molecule has 0 atom stereocenters. The minimum Gasteiger partial charge on any atom is -0.463 e. The van der Waals surface area contributed by atoms with Crippen molar-refractivity contribution in [3.05, 3.63) is 48.6 Å². The minimum absolute atomic E-state index is 0.262. The summed E-state index contributed by atoms with van der Waals surface area (Å²) >= 11 is 0. The molecule has 3 nitrogen and oxygen atoms in total. The lowest BCUT2D eigenvalue weighted by Gasteiger charge is -2.02. The molecule has 0 fully saturated rings. The third-order valence-electron chi connectivity index (χ3n) is 11.2. The fourth-order valence-corrected chi connectivity index (χ4v) is 7.55. The Balaban J connectivity index is 0.000000680. The number of methoxy groups -OCH3 is 1. The summed E-state index contributed by atoms with van der Waals surface area (Å²) < 4.78 is 9.13. The van der Waals surface area contributed by atoms with Crippen LogP contribution in [0.5, 0.6) is 0 Å². The van der Waals surface area contributed by atoms with Gasteiger partial charge in [0, 0.05) is 14.0 Å². The SMILES string of the molecule is C1=CCCCCCCCCCC1.C1=CCCCCCCCCCC1.C1=CCCCCCCCCCC1.C1=CCCCCCCCCCC1.COCCOC(C)=O. The monoisotopic (exact) mass is 783 g/mol. The van der Waals surface area contributed by atoms with E-state index in [4.69, 9.17) is 0 Å². The maximum atomic E-state index is 10.0. The Morgan fingerprint density at radius 3 is 0.607 bits per heavy atom. The molecule has 328 valence electrons. The van der Waals surface area contributed by atoms with Gasteiger partial charge in [0.2, 0.25) is 0 Å². The van der Waals surface area contributed by atoms with Crippen molar-refractivity contribution >= 4 is 5.97 Å². The first-order chi connectivity index (χ1) is 27.8. The molecule has 0 saturated carbocycles. The number of hydrogen-bond acceptors (Lipinski definition) is 3. The van der Waals surface area contributed by atoms with Crippen LogP contribution in [0, 0.1) is 0 Å². The average molecular weight is 783 g/mol. The van der Waals surface area contributed by atoms with E-state index in [9.17, 15) is 4.79 Å². The van der Waals surface area contributed by atoms with Crippen LogP contribution in [0.3, 0.4) is 0 Å². The number of allylic oxidation sites excluding steroid dienone is 8. The zero-order valence-corrected chi connectivity index (χ0v) is 38.0. The van der Waals surface area contributed by atoms with Crippen molar-refractivity contribution in [3.8, 4) is 0 Å². The molecule has 3 heteroatoms. The van der Waals surface area contributed by atoms with Crippen LogP contribution in [-0.2, 0) is 14.3 Å². The van der Waals surface area contributed by atoms with Gasteiger partial charge < -0.3 is 9.47 Å². The maximum absolute atomic E-state index is 10.0. The molecule has 56 heavy (non-hydrogen) atoms. The number of carbonyl (C=O) groups excluding carboxylic acids is 1. The first kappa shape index (κ1) is 54.4. The number of ether oxygens (including phenoxy) is 2. The Morgan fingerprint density at radius 2 is 0.464 bits per heavy atom. The summed E-state index contributed by atoms with van der Waals surface area (Å²) in [5.74, 6) is -0.262. The maximum Gasteiger partial charge on any atom is 0.302 e. The summed E-state index contributed by atoms with van der Waals surface area (Å²) in [5.41, 5.74) is 0. The van der Waals surface area contributed by atoms with Crippen molar-refractivity contribution in [2.75, 3.05) is 20.3 Å². The normalized spacial score (nSPS) is 20.7. The van der Waals surface area contributed by atoms with Gasteiger partial charge in [-0.2, -0.15) is 0 Å². The Bertz CT molecular complexity index is 679. The second kappa shape index (κ2) is 51.4. The lowest BCUT2D eigenvalue weighted by atomic mass is 10.0. The van der Waals surface area contributed by atoms with Crippen LogP contribution >= 0.6 is 0 Å². The molecule has 0 radical (unpaired) electrons. The minimum atomic E-state index is -0.262. The molecule has 0 unspecified atom stereocenters. The molecule has 0 aromatic carbocycles. The highest BCUT2D eigenvalue weighted by Crippen LogP contribution is 2.16. The summed E-state index contributed by atoms with van der Waals surface area (Å²) in [7, 11) is 1.56. The van der Waals surface area contributed by atoms with Crippen LogP contribution in [0.2, 0.25) is 0 Å². The summed E-state index contributed by atoms with van der Waals surface area (Å²) in [6.07, 6.45) is 76.0. The zero-order chi connectivity index (χ0) is 40.3. The second-order valence-corrected chi connectivity index (χ2v) is 16.8. The van der Waals surface area contributed by atoms with Gasteiger partial charge in [-0.3, -0.25) is 4.79 Å². The van der Waals surface area contributed by atoms with E-state index in [1.165, 1.54) is 264 Å². The van der Waals surface area contributed by atoms with E-state index in [1.807, 2.05) is 0 Å². The molecule has 0 aromatic rings. The molecule has 4 aliphatic rings. The highest BCUT2D eigenvalue weighted by atomic mass is 16.6. The highest BCUT2D eigenvalue weighted by molar-refractivity contribution is 5.65. The van der Waals surface area contributed by atoms with E-state index >= 15 is 0 Å². The summed E-state index contributed by atoms with van der Waals surface area (Å²) in [4.78, 5) is 10.0. The first-order valence-corrected chi connectivity index (χ1v) is 25.0. The van der Waals surface area contributed by atoms with Crippen LogP contribution in [0.1, 0.15) is 264 Å². The average Bonchev–Trinajstić information content (AvgIpc) is 3.17. The molecular formula is C53H98O3. The molecular weight excluding hydrogens is 685 g/mol. The molecule has 4 rings (SSSR count). The summed E-state index contributed by atoms with van der Waals surface area (Å²) in [6.45, 7) is 2.20. The zero-order valence-electron chi connectivity index (χ0n) is 38.0. The van der Waals surface area contributed by atoms with E-state index in [0.717, 1.165) is 0 Å². The smallest absolute Gasteiger partial charge is 0.302 e. The van der Waals surface area contributed by atoms with Crippen LogP contribution in [0.25, 0.3) is 0 Å². The molecule has 0 aromatic heterocycles. The number of hydrogen-bond donors (Lipinski definition) is 0.